The van der Waals surface area contributed by atoms with Gasteiger partial charge in [0.2, 0.25) is 0 Å². The summed E-state index contributed by atoms with van der Waals surface area (Å²) in [6.45, 7) is 5.20. The Morgan fingerprint density at radius 2 is 1.95 bits per heavy atom. The summed E-state index contributed by atoms with van der Waals surface area (Å²) < 4.78 is 5.65. The highest BCUT2D eigenvalue weighted by molar-refractivity contribution is 6.42. The number of hydrogen-bond acceptors (Lipinski definition) is 4. The Labute approximate surface area is 134 Å². The smallest absolute Gasteiger partial charge is 0.168 e. The zero-order valence-corrected chi connectivity index (χ0v) is 13.5. The Kier molecular flexibility index (Phi) is 5.65. The standard InChI is InChI=1S/C15H17Cl2N3O/c1-3-6-18-14-7-10(2)19-15(20-14)9-21-11-4-5-12(16)13(17)8-11/h4-5,7-8H,3,6,9H2,1-2H3,(H,18,19,20). The zero-order chi connectivity index (χ0) is 15.2. The van der Waals surface area contributed by atoms with E-state index in [4.69, 9.17) is 27.9 Å². The highest BCUT2D eigenvalue weighted by atomic mass is 35.5. The van der Waals surface area contributed by atoms with Gasteiger partial charge in [0.1, 0.15) is 18.2 Å². The van der Waals surface area contributed by atoms with Crippen LogP contribution in [0.4, 0.5) is 5.82 Å². The van der Waals surface area contributed by atoms with Gasteiger partial charge >= 0.3 is 0 Å². The van der Waals surface area contributed by atoms with Crippen LogP contribution in [0.25, 0.3) is 0 Å². The topological polar surface area (TPSA) is 47.0 Å². The van der Waals surface area contributed by atoms with E-state index in [2.05, 4.69) is 22.2 Å². The summed E-state index contributed by atoms with van der Waals surface area (Å²) in [6.07, 6.45) is 1.04. The molecule has 2 aromatic rings. The van der Waals surface area contributed by atoms with Gasteiger partial charge in [-0.2, -0.15) is 0 Å². The van der Waals surface area contributed by atoms with E-state index in [-0.39, 0.29) is 6.61 Å². The van der Waals surface area contributed by atoms with Gasteiger partial charge in [-0.15, -0.1) is 0 Å². The molecule has 1 N–H and O–H groups in total. The van der Waals surface area contributed by atoms with Gasteiger partial charge in [0.05, 0.1) is 10.0 Å². The van der Waals surface area contributed by atoms with E-state index in [1.54, 1.807) is 18.2 Å². The fraction of sp³-hybridized carbons (Fsp3) is 0.333. The summed E-state index contributed by atoms with van der Waals surface area (Å²) in [5.74, 6) is 2.08. The summed E-state index contributed by atoms with van der Waals surface area (Å²) in [5, 5.41) is 4.21. The molecule has 1 aromatic carbocycles. The molecule has 0 radical (unpaired) electrons. The van der Waals surface area contributed by atoms with Crippen LogP contribution in [0, 0.1) is 6.92 Å². The van der Waals surface area contributed by atoms with Crippen LogP contribution in [-0.4, -0.2) is 16.5 Å². The number of nitrogens with zero attached hydrogens (tertiary/aromatic N) is 2. The monoisotopic (exact) mass is 325 g/mol. The first-order chi connectivity index (χ1) is 10.1. The van der Waals surface area contributed by atoms with Crippen molar-refractivity contribution < 1.29 is 4.74 Å². The molecule has 0 aliphatic rings. The number of hydrogen-bond donors (Lipinski definition) is 1. The molecule has 0 unspecified atom stereocenters. The van der Waals surface area contributed by atoms with Crippen LogP contribution >= 0.6 is 23.2 Å². The number of aryl methyl sites for hydroxylation is 1. The lowest BCUT2D eigenvalue weighted by Crippen LogP contribution is -2.08. The summed E-state index contributed by atoms with van der Waals surface area (Å²) in [4.78, 5) is 8.78. The number of nitrogens with one attached hydrogen (secondary N) is 1. The van der Waals surface area contributed by atoms with Crippen molar-refractivity contribution >= 4 is 29.0 Å². The minimum Gasteiger partial charge on any atom is -0.486 e. The van der Waals surface area contributed by atoms with E-state index in [1.165, 1.54) is 0 Å². The third kappa shape index (κ3) is 4.76. The third-order valence-corrected chi connectivity index (χ3v) is 3.45. The molecule has 0 fully saturated rings. The normalized spacial score (nSPS) is 10.5. The SMILES string of the molecule is CCCNc1cc(C)nc(COc2ccc(Cl)c(Cl)c2)n1. The first kappa shape index (κ1) is 15.9. The Hall–Kier alpha value is -1.52. The van der Waals surface area contributed by atoms with E-state index in [9.17, 15) is 0 Å². The van der Waals surface area contributed by atoms with Gasteiger partial charge < -0.3 is 10.1 Å². The predicted octanol–water partition coefficient (Wildman–Crippen LogP) is 4.49. The van der Waals surface area contributed by atoms with E-state index in [1.807, 2.05) is 13.0 Å². The van der Waals surface area contributed by atoms with Gasteiger partial charge in [-0.1, -0.05) is 30.1 Å². The Bertz CT molecular complexity index is 620. The first-order valence-electron chi connectivity index (χ1n) is 6.74. The average molecular weight is 326 g/mol. The van der Waals surface area contributed by atoms with Gasteiger partial charge in [0.25, 0.3) is 0 Å². The number of rotatable bonds is 6. The lowest BCUT2D eigenvalue weighted by molar-refractivity contribution is 0.295. The van der Waals surface area contributed by atoms with Crippen LogP contribution in [0.1, 0.15) is 24.9 Å². The summed E-state index contributed by atoms with van der Waals surface area (Å²) in [7, 11) is 0. The van der Waals surface area contributed by atoms with E-state index in [0.29, 0.717) is 21.6 Å². The minimum atomic E-state index is 0.278. The van der Waals surface area contributed by atoms with Gasteiger partial charge in [0, 0.05) is 24.4 Å². The largest absolute Gasteiger partial charge is 0.486 e. The Morgan fingerprint density at radius 1 is 1.14 bits per heavy atom. The molecule has 0 bridgehead atoms. The number of anilines is 1. The molecule has 0 atom stereocenters. The van der Waals surface area contributed by atoms with E-state index >= 15 is 0 Å². The van der Waals surface area contributed by atoms with Crippen molar-refractivity contribution in [3.8, 4) is 5.75 Å². The highest BCUT2D eigenvalue weighted by Gasteiger charge is 2.05. The van der Waals surface area contributed by atoms with Crippen LogP contribution in [0.5, 0.6) is 5.75 Å². The average Bonchev–Trinajstić information content (AvgIpc) is 2.46. The summed E-state index contributed by atoms with van der Waals surface area (Å²) >= 11 is 11.8. The van der Waals surface area contributed by atoms with Crippen molar-refractivity contribution in [1.29, 1.82) is 0 Å². The Balaban J connectivity index is 2.05. The molecular formula is C15H17Cl2N3O. The molecule has 0 amide bonds. The van der Waals surface area contributed by atoms with Crippen LogP contribution in [0.15, 0.2) is 24.3 Å². The molecule has 0 saturated heterocycles. The lowest BCUT2D eigenvalue weighted by Gasteiger charge is -2.09. The van der Waals surface area contributed by atoms with Crippen molar-refractivity contribution in [3.63, 3.8) is 0 Å². The molecule has 2 rings (SSSR count). The second-order valence-corrected chi connectivity index (χ2v) is 5.42. The molecule has 0 spiro atoms. The second-order valence-electron chi connectivity index (χ2n) is 4.60. The third-order valence-electron chi connectivity index (χ3n) is 2.72. The Morgan fingerprint density at radius 3 is 2.67 bits per heavy atom. The number of benzene rings is 1. The molecule has 4 nitrogen and oxygen atoms in total. The van der Waals surface area contributed by atoms with E-state index in [0.717, 1.165) is 24.5 Å². The van der Waals surface area contributed by atoms with Crippen molar-refractivity contribution in [2.45, 2.75) is 26.9 Å². The van der Waals surface area contributed by atoms with Crippen LogP contribution in [0.3, 0.4) is 0 Å². The zero-order valence-electron chi connectivity index (χ0n) is 12.0. The highest BCUT2D eigenvalue weighted by Crippen LogP contribution is 2.26. The molecule has 0 aliphatic carbocycles. The maximum absolute atomic E-state index is 5.95. The predicted molar refractivity (Wildman–Crippen MR) is 86.3 cm³/mol. The van der Waals surface area contributed by atoms with Crippen LogP contribution in [-0.2, 0) is 6.61 Å². The molecule has 112 valence electrons. The number of ether oxygens (including phenoxy) is 1. The van der Waals surface area contributed by atoms with Crippen molar-refractivity contribution in [2.24, 2.45) is 0 Å². The molecule has 6 heteroatoms. The van der Waals surface area contributed by atoms with Gasteiger partial charge in [-0.25, -0.2) is 9.97 Å². The first-order valence-corrected chi connectivity index (χ1v) is 7.50. The van der Waals surface area contributed by atoms with Crippen LogP contribution in [0.2, 0.25) is 10.0 Å². The molecule has 0 saturated carbocycles. The quantitative estimate of drug-likeness (QED) is 0.849. The molecule has 1 heterocycles. The van der Waals surface area contributed by atoms with Crippen LogP contribution < -0.4 is 10.1 Å². The van der Waals surface area contributed by atoms with Crippen molar-refractivity contribution in [1.82, 2.24) is 9.97 Å². The fourth-order valence-corrected chi connectivity index (χ4v) is 2.04. The van der Waals surface area contributed by atoms with Gasteiger partial charge in [-0.05, 0) is 25.5 Å². The van der Waals surface area contributed by atoms with Gasteiger partial charge in [-0.3, -0.25) is 0 Å². The van der Waals surface area contributed by atoms with Gasteiger partial charge in [0.15, 0.2) is 5.82 Å². The number of halogens is 2. The fourth-order valence-electron chi connectivity index (χ4n) is 1.75. The molecule has 1 aromatic heterocycles. The maximum Gasteiger partial charge on any atom is 0.168 e. The van der Waals surface area contributed by atoms with E-state index < -0.39 is 0 Å². The van der Waals surface area contributed by atoms with Crippen molar-refractivity contribution in [3.05, 3.63) is 45.8 Å². The second kappa shape index (κ2) is 7.48. The number of aromatic nitrogens is 2. The molecular weight excluding hydrogens is 309 g/mol. The van der Waals surface area contributed by atoms with Crippen molar-refractivity contribution in [2.75, 3.05) is 11.9 Å². The molecule has 21 heavy (non-hydrogen) atoms. The summed E-state index contributed by atoms with van der Waals surface area (Å²) in [6, 6.07) is 7.05. The molecule has 0 aliphatic heterocycles. The maximum atomic E-state index is 5.95. The minimum absolute atomic E-state index is 0.278. The lowest BCUT2D eigenvalue weighted by atomic mass is 10.3. The summed E-state index contributed by atoms with van der Waals surface area (Å²) in [5.41, 5.74) is 0.899.